The van der Waals surface area contributed by atoms with Gasteiger partial charge in [0.05, 0.1) is 22.9 Å². The quantitative estimate of drug-likeness (QED) is 0.612. The highest BCUT2D eigenvalue weighted by Crippen LogP contribution is 2.34. The van der Waals surface area contributed by atoms with Crippen LogP contribution in [0.2, 0.25) is 0 Å². The standard InChI is InChI=1S/C25H27N3O4/c1-16-22(17(2)32-27-16)15-31-19-11-9-18(10-12-19)24-26-23-8-4-3-7-21(23)25(29)28(24)14-20-6-5-13-30-20/h3-4,7-12,20,24,26H,5-6,13-15H2,1-2H3/t20-,24+/m0/s1. The van der Waals surface area contributed by atoms with Gasteiger partial charge in [0, 0.05) is 18.8 Å². The molecule has 1 aromatic heterocycles. The van der Waals surface area contributed by atoms with Gasteiger partial charge >= 0.3 is 0 Å². The van der Waals surface area contributed by atoms with E-state index in [4.69, 9.17) is 14.0 Å². The van der Waals surface area contributed by atoms with E-state index in [9.17, 15) is 4.79 Å². The Hall–Kier alpha value is -3.32. The van der Waals surface area contributed by atoms with Crippen molar-refractivity contribution in [3.05, 3.63) is 76.7 Å². The predicted molar refractivity (Wildman–Crippen MR) is 120 cm³/mol. The monoisotopic (exact) mass is 433 g/mol. The molecular formula is C25H27N3O4. The number of carbonyl (C=O) groups excluding carboxylic acids is 1. The minimum Gasteiger partial charge on any atom is -0.489 e. The van der Waals surface area contributed by atoms with E-state index in [-0.39, 0.29) is 18.2 Å². The zero-order valence-corrected chi connectivity index (χ0v) is 18.3. The summed E-state index contributed by atoms with van der Waals surface area (Å²) in [5.74, 6) is 1.55. The Balaban J connectivity index is 1.36. The van der Waals surface area contributed by atoms with Crippen LogP contribution in [0.5, 0.6) is 5.75 Å². The van der Waals surface area contributed by atoms with Crippen LogP contribution >= 0.6 is 0 Å². The lowest BCUT2D eigenvalue weighted by atomic mass is 10.0. The van der Waals surface area contributed by atoms with Gasteiger partial charge < -0.3 is 24.2 Å². The summed E-state index contributed by atoms with van der Waals surface area (Å²) < 4.78 is 17.0. The van der Waals surface area contributed by atoms with Crippen molar-refractivity contribution in [3.8, 4) is 5.75 Å². The molecule has 0 saturated carbocycles. The van der Waals surface area contributed by atoms with Gasteiger partial charge in [-0.2, -0.15) is 0 Å². The first-order valence-electron chi connectivity index (χ1n) is 11.0. The average molecular weight is 434 g/mol. The van der Waals surface area contributed by atoms with Gasteiger partial charge in [-0.1, -0.05) is 29.4 Å². The maximum atomic E-state index is 13.3. The predicted octanol–water partition coefficient (Wildman–Crippen LogP) is 4.62. The van der Waals surface area contributed by atoms with Crippen LogP contribution < -0.4 is 10.1 Å². The van der Waals surface area contributed by atoms with E-state index < -0.39 is 0 Å². The maximum absolute atomic E-state index is 13.3. The van der Waals surface area contributed by atoms with Crippen molar-refractivity contribution >= 4 is 11.6 Å². The Morgan fingerprint density at radius 1 is 1.16 bits per heavy atom. The fourth-order valence-corrected chi connectivity index (χ4v) is 4.36. The van der Waals surface area contributed by atoms with Gasteiger partial charge in [0.1, 0.15) is 24.3 Å². The molecule has 1 N–H and O–H groups in total. The molecular weight excluding hydrogens is 406 g/mol. The molecule has 7 heteroatoms. The SMILES string of the molecule is Cc1noc(C)c1COc1ccc([C@@H]2Nc3ccccc3C(=O)N2C[C@@H]2CCCO2)cc1. The van der Waals surface area contributed by atoms with E-state index in [1.165, 1.54) is 0 Å². The number of aromatic nitrogens is 1. The number of nitrogens with zero attached hydrogens (tertiary/aromatic N) is 2. The van der Waals surface area contributed by atoms with Crippen molar-refractivity contribution in [2.45, 2.75) is 45.6 Å². The second-order valence-electron chi connectivity index (χ2n) is 8.35. The van der Waals surface area contributed by atoms with Crippen molar-refractivity contribution in [3.63, 3.8) is 0 Å². The number of fused-ring (bicyclic) bond motifs is 1. The summed E-state index contributed by atoms with van der Waals surface area (Å²) >= 11 is 0. The number of rotatable bonds is 6. The normalized spacial score (nSPS) is 20.2. The molecule has 0 unspecified atom stereocenters. The summed E-state index contributed by atoms with van der Waals surface area (Å²) in [6.45, 7) is 5.52. The molecule has 2 aromatic carbocycles. The molecule has 0 aliphatic carbocycles. The first-order valence-corrected chi connectivity index (χ1v) is 11.0. The van der Waals surface area contributed by atoms with Gasteiger partial charge in [-0.05, 0) is 56.5 Å². The lowest BCUT2D eigenvalue weighted by Crippen LogP contribution is -2.46. The molecule has 3 heterocycles. The third-order valence-corrected chi connectivity index (χ3v) is 6.21. The molecule has 166 valence electrons. The van der Waals surface area contributed by atoms with Crippen molar-refractivity contribution in [2.24, 2.45) is 0 Å². The molecule has 32 heavy (non-hydrogen) atoms. The first-order chi connectivity index (χ1) is 15.6. The third-order valence-electron chi connectivity index (χ3n) is 6.21. The molecule has 0 radical (unpaired) electrons. The summed E-state index contributed by atoms with van der Waals surface area (Å²) in [4.78, 5) is 15.2. The lowest BCUT2D eigenvalue weighted by Gasteiger charge is -2.39. The zero-order valence-electron chi connectivity index (χ0n) is 18.3. The van der Waals surface area contributed by atoms with Crippen LogP contribution in [0.25, 0.3) is 0 Å². The Morgan fingerprint density at radius 2 is 1.97 bits per heavy atom. The zero-order chi connectivity index (χ0) is 22.1. The fraction of sp³-hybridized carbons (Fsp3) is 0.360. The average Bonchev–Trinajstić information content (AvgIpc) is 3.44. The number of ether oxygens (including phenoxy) is 2. The molecule has 1 fully saturated rings. The largest absolute Gasteiger partial charge is 0.489 e. The van der Waals surface area contributed by atoms with Gasteiger partial charge in [-0.15, -0.1) is 0 Å². The summed E-state index contributed by atoms with van der Waals surface area (Å²) in [6.07, 6.45) is 1.83. The smallest absolute Gasteiger partial charge is 0.257 e. The Kier molecular flexibility index (Phi) is 5.57. The Morgan fingerprint density at radius 3 is 2.69 bits per heavy atom. The highest BCUT2D eigenvalue weighted by atomic mass is 16.5. The molecule has 2 aliphatic heterocycles. The van der Waals surface area contributed by atoms with E-state index >= 15 is 0 Å². The number of benzene rings is 2. The summed E-state index contributed by atoms with van der Waals surface area (Å²) in [5, 5.41) is 7.51. The molecule has 0 bridgehead atoms. The van der Waals surface area contributed by atoms with Gasteiger partial charge in [-0.3, -0.25) is 4.79 Å². The van der Waals surface area contributed by atoms with E-state index in [1.54, 1.807) is 0 Å². The van der Waals surface area contributed by atoms with Crippen LogP contribution in [0.1, 0.15) is 51.9 Å². The van der Waals surface area contributed by atoms with E-state index in [1.807, 2.05) is 67.3 Å². The van der Waals surface area contributed by atoms with Gasteiger partial charge in [0.15, 0.2) is 0 Å². The summed E-state index contributed by atoms with van der Waals surface area (Å²) in [6, 6.07) is 15.5. The Bertz CT molecular complexity index is 1080. The molecule has 1 amide bonds. The third kappa shape index (κ3) is 3.96. The minimum atomic E-state index is -0.266. The molecule has 5 rings (SSSR count). The van der Waals surface area contributed by atoms with Gasteiger partial charge in [-0.25, -0.2) is 0 Å². The van der Waals surface area contributed by atoms with E-state index in [0.29, 0.717) is 18.7 Å². The van der Waals surface area contributed by atoms with Crippen molar-refractivity contribution < 1.29 is 18.8 Å². The molecule has 2 atom stereocenters. The van der Waals surface area contributed by atoms with E-state index in [0.717, 1.165) is 53.5 Å². The van der Waals surface area contributed by atoms with E-state index in [2.05, 4.69) is 10.5 Å². The fourth-order valence-electron chi connectivity index (χ4n) is 4.36. The number of hydrogen-bond acceptors (Lipinski definition) is 6. The van der Waals surface area contributed by atoms with Crippen LogP contribution in [0.4, 0.5) is 5.69 Å². The lowest BCUT2D eigenvalue weighted by molar-refractivity contribution is 0.0427. The second-order valence-corrected chi connectivity index (χ2v) is 8.35. The highest BCUT2D eigenvalue weighted by molar-refractivity contribution is 6.01. The molecule has 2 aliphatic rings. The topological polar surface area (TPSA) is 76.8 Å². The number of anilines is 1. The number of amides is 1. The number of nitrogens with one attached hydrogen (secondary N) is 1. The molecule has 1 saturated heterocycles. The van der Waals surface area contributed by atoms with Crippen LogP contribution in [-0.2, 0) is 11.3 Å². The van der Waals surface area contributed by atoms with Crippen LogP contribution in [0.3, 0.4) is 0 Å². The van der Waals surface area contributed by atoms with Crippen molar-refractivity contribution in [1.82, 2.24) is 10.1 Å². The minimum absolute atomic E-state index is 0.0265. The maximum Gasteiger partial charge on any atom is 0.257 e. The van der Waals surface area contributed by atoms with Crippen LogP contribution in [-0.4, -0.2) is 35.2 Å². The Labute approximate surface area is 187 Å². The van der Waals surface area contributed by atoms with Crippen LogP contribution in [0.15, 0.2) is 53.1 Å². The number of hydrogen-bond donors (Lipinski definition) is 1. The second kappa shape index (κ2) is 8.67. The number of carbonyl (C=O) groups is 1. The highest BCUT2D eigenvalue weighted by Gasteiger charge is 2.35. The number of para-hydroxylation sites is 1. The van der Waals surface area contributed by atoms with Gasteiger partial charge in [0.2, 0.25) is 0 Å². The first kappa shape index (κ1) is 20.6. The van der Waals surface area contributed by atoms with Crippen molar-refractivity contribution in [2.75, 3.05) is 18.5 Å². The molecule has 3 aromatic rings. The molecule has 0 spiro atoms. The van der Waals surface area contributed by atoms with Gasteiger partial charge in [0.25, 0.3) is 5.91 Å². The summed E-state index contributed by atoms with van der Waals surface area (Å²) in [7, 11) is 0. The summed E-state index contributed by atoms with van der Waals surface area (Å²) in [5.41, 5.74) is 4.35. The number of aryl methyl sites for hydroxylation is 2. The molecule has 7 nitrogen and oxygen atoms in total. The van der Waals surface area contributed by atoms with Crippen LogP contribution in [0, 0.1) is 13.8 Å². The van der Waals surface area contributed by atoms with Crippen molar-refractivity contribution in [1.29, 1.82) is 0 Å².